The molecule has 4 fully saturated rings. The average molecular weight is 455 g/mol. The van der Waals surface area contributed by atoms with Crippen molar-refractivity contribution in [3.63, 3.8) is 0 Å². The number of rotatable bonds is 4. The molecule has 1 heterocycles. The summed E-state index contributed by atoms with van der Waals surface area (Å²) in [6.45, 7) is 14.9. The molecular weight excluding hydrogens is 412 g/mol. The molecule has 1 N–H and O–H groups in total. The zero-order valence-electron chi connectivity index (χ0n) is 21.1. The Morgan fingerprint density at radius 2 is 2.03 bits per heavy atom. The predicted molar refractivity (Wildman–Crippen MR) is 129 cm³/mol. The monoisotopic (exact) mass is 454 g/mol. The van der Waals surface area contributed by atoms with Crippen molar-refractivity contribution in [2.45, 2.75) is 104 Å². The van der Waals surface area contributed by atoms with E-state index in [1.807, 2.05) is 0 Å². The van der Waals surface area contributed by atoms with Crippen LogP contribution in [0.1, 0.15) is 79.6 Å². The molecule has 0 amide bonds. The van der Waals surface area contributed by atoms with Crippen LogP contribution in [0.2, 0.25) is 0 Å². The molecule has 4 nitrogen and oxygen atoms in total. The van der Waals surface area contributed by atoms with Gasteiger partial charge in [-0.05, 0) is 54.9 Å². The molecule has 0 bridgehead atoms. The SMILES string of the molecule is C=C1C=C[C@@]2(C)C(=C1)CC[C@@H]1[C@@H]2[C@@H](O)CC2[C@H]1C[C@H]1O[C@@H](CCC)O[C@@]21C(=O)CC(C)(C)C. The summed E-state index contributed by atoms with van der Waals surface area (Å²) in [5.74, 6) is 1.12. The van der Waals surface area contributed by atoms with E-state index in [-0.39, 0.29) is 40.8 Å². The standard InChI is InChI=1S/C29H42O4/c1-7-8-25-32-24-14-20-19-10-9-18-13-17(2)11-12-28(18,6)26(19)22(30)15-21(20)29(24,33-25)23(31)16-27(3,4)5/h11-13,19-22,24-26,30H,2,7-10,14-16H2,1,3-6H3/t19-,20-,21?,22-,24+,25+,26+,28-,29+/m0/s1. The molecule has 0 spiro atoms. The Hall–Kier alpha value is -1.23. The Balaban J connectivity index is 1.50. The minimum Gasteiger partial charge on any atom is -0.393 e. The molecule has 5 rings (SSSR count). The van der Waals surface area contributed by atoms with Crippen molar-refractivity contribution in [3.8, 4) is 0 Å². The molecule has 33 heavy (non-hydrogen) atoms. The van der Waals surface area contributed by atoms with Gasteiger partial charge in [-0.3, -0.25) is 4.79 Å². The molecule has 4 aliphatic carbocycles. The first-order valence-corrected chi connectivity index (χ1v) is 13.1. The van der Waals surface area contributed by atoms with Gasteiger partial charge >= 0.3 is 0 Å². The van der Waals surface area contributed by atoms with E-state index >= 15 is 0 Å². The Morgan fingerprint density at radius 3 is 2.73 bits per heavy atom. The first-order chi connectivity index (χ1) is 15.5. The number of hydrogen-bond acceptors (Lipinski definition) is 4. The minimum atomic E-state index is -0.891. The summed E-state index contributed by atoms with van der Waals surface area (Å²) in [5.41, 5.74) is 1.32. The molecule has 1 unspecified atom stereocenters. The van der Waals surface area contributed by atoms with Crippen molar-refractivity contribution in [2.24, 2.45) is 34.5 Å². The van der Waals surface area contributed by atoms with Gasteiger partial charge < -0.3 is 14.6 Å². The molecule has 1 aliphatic heterocycles. The molecule has 1 saturated heterocycles. The van der Waals surface area contributed by atoms with E-state index in [1.165, 1.54) is 5.57 Å². The maximum absolute atomic E-state index is 13.9. The lowest BCUT2D eigenvalue weighted by Crippen LogP contribution is -2.58. The van der Waals surface area contributed by atoms with Gasteiger partial charge in [0, 0.05) is 23.7 Å². The topological polar surface area (TPSA) is 55.8 Å². The molecular formula is C29H42O4. The van der Waals surface area contributed by atoms with E-state index in [0.717, 1.165) is 37.7 Å². The zero-order chi connectivity index (χ0) is 23.8. The lowest BCUT2D eigenvalue weighted by molar-refractivity contribution is -0.173. The number of ketones is 1. The highest BCUT2D eigenvalue weighted by Gasteiger charge is 2.70. The van der Waals surface area contributed by atoms with Gasteiger partial charge in [0.1, 0.15) is 0 Å². The number of ether oxygens (including phenoxy) is 2. The Morgan fingerprint density at radius 1 is 1.27 bits per heavy atom. The van der Waals surface area contributed by atoms with Gasteiger partial charge in [-0.25, -0.2) is 0 Å². The van der Waals surface area contributed by atoms with Crippen LogP contribution in [0.15, 0.2) is 36.0 Å². The molecule has 9 atom stereocenters. The van der Waals surface area contributed by atoms with Gasteiger partial charge in [-0.2, -0.15) is 0 Å². The lowest BCUT2D eigenvalue weighted by atomic mass is 9.49. The fraction of sp³-hybridized carbons (Fsp3) is 0.759. The van der Waals surface area contributed by atoms with Crippen molar-refractivity contribution in [1.29, 1.82) is 0 Å². The maximum Gasteiger partial charge on any atom is 0.168 e. The molecule has 0 aromatic rings. The van der Waals surface area contributed by atoms with E-state index in [0.29, 0.717) is 24.7 Å². The summed E-state index contributed by atoms with van der Waals surface area (Å²) < 4.78 is 13.1. The van der Waals surface area contributed by atoms with Crippen molar-refractivity contribution < 1.29 is 19.4 Å². The van der Waals surface area contributed by atoms with Crippen LogP contribution < -0.4 is 0 Å². The van der Waals surface area contributed by atoms with Crippen molar-refractivity contribution in [1.82, 2.24) is 0 Å². The third kappa shape index (κ3) is 3.54. The maximum atomic E-state index is 13.9. The Kier molecular flexibility index (Phi) is 5.62. The van der Waals surface area contributed by atoms with E-state index in [9.17, 15) is 9.90 Å². The van der Waals surface area contributed by atoms with Crippen molar-refractivity contribution >= 4 is 5.78 Å². The van der Waals surface area contributed by atoms with E-state index in [1.54, 1.807) is 0 Å². The van der Waals surface area contributed by atoms with Gasteiger partial charge in [0.05, 0.1) is 12.2 Å². The number of hydrogen-bond donors (Lipinski definition) is 1. The van der Waals surface area contributed by atoms with Crippen LogP contribution in [0.3, 0.4) is 0 Å². The number of aliphatic hydroxyl groups excluding tert-OH is 1. The largest absolute Gasteiger partial charge is 0.393 e. The van der Waals surface area contributed by atoms with E-state index < -0.39 is 11.7 Å². The lowest BCUT2D eigenvalue weighted by Gasteiger charge is -2.56. The first-order valence-electron chi connectivity index (χ1n) is 13.1. The van der Waals surface area contributed by atoms with Crippen LogP contribution >= 0.6 is 0 Å². The summed E-state index contributed by atoms with van der Waals surface area (Å²) in [6.07, 6.45) is 11.5. The molecule has 3 saturated carbocycles. The first kappa shape index (κ1) is 23.5. The second-order valence-corrected chi connectivity index (χ2v) is 12.8. The molecule has 4 heteroatoms. The summed E-state index contributed by atoms with van der Waals surface area (Å²) in [4.78, 5) is 13.9. The van der Waals surface area contributed by atoms with Crippen LogP contribution in [0.25, 0.3) is 0 Å². The van der Waals surface area contributed by atoms with Gasteiger partial charge in [-0.15, -0.1) is 0 Å². The van der Waals surface area contributed by atoms with Crippen LogP contribution in [0, 0.1) is 34.5 Å². The Bertz CT molecular complexity index is 894. The second-order valence-electron chi connectivity index (χ2n) is 12.8. The number of Topliss-reactive ketones (excluding diaryl/α,β-unsaturated/α-hetero) is 1. The fourth-order valence-corrected chi connectivity index (χ4v) is 8.15. The quantitative estimate of drug-likeness (QED) is 0.587. The normalized spacial score (nSPS) is 46.3. The van der Waals surface area contributed by atoms with Gasteiger partial charge in [-0.1, -0.05) is 71.4 Å². The number of fused-ring (bicyclic) bond motifs is 7. The number of carbonyl (C=O) groups is 1. The number of allylic oxidation sites excluding steroid dienone is 5. The summed E-state index contributed by atoms with van der Waals surface area (Å²) in [6, 6.07) is 0. The van der Waals surface area contributed by atoms with Crippen molar-refractivity contribution in [2.75, 3.05) is 0 Å². The average Bonchev–Trinajstić information content (AvgIpc) is 3.21. The minimum absolute atomic E-state index is 0.0344. The molecule has 182 valence electrons. The number of carbonyl (C=O) groups excluding carboxylic acids is 1. The van der Waals surface area contributed by atoms with Crippen LogP contribution in [-0.2, 0) is 14.3 Å². The van der Waals surface area contributed by atoms with Gasteiger partial charge in [0.25, 0.3) is 0 Å². The highest BCUT2D eigenvalue weighted by Crippen LogP contribution is 2.65. The summed E-state index contributed by atoms with van der Waals surface area (Å²) in [5, 5.41) is 11.6. The van der Waals surface area contributed by atoms with Crippen molar-refractivity contribution in [3.05, 3.63) is 36.0 Å². The third-order valence-electron chi connectivity index (χ3n) is 9.38. The smallest absolute Gasteiger partial charge is 0.168 e. The van der Waals surface area contributed by atoms with Crippen LogP contribution in [0.4, 0.5) is 0 Å². The second kappa shape index (κ2) is 7.90. The molecule has 0 aromatic carbocycles. The highest BCUT2D eigenvalue weighted by atomic mass is 16.7. The molecule has 0 radical (unpaired) electrons. The third-order valence-corrected chi connectivity index (χ3v) is 9.38. The fourth-order valence-electron chi connectivity index (χ4n) is 8.15. The van der Waals surface area contributed by atoms with Gasteiger partial charge in [0.2, 0.25) is 0 Å². The Labute approximate surface area is 199 Å². The zero-order valence-corrected chi connectivity index (χ0v) is 21.1. The van der Waals surface area contributed by atoms with Gasteiger partial charge in [0.15, 0.2) is 17.7 Å². The van der Waals surface area contributed by atoms with E-state index in [2.05, 4.69) is 59.4 Å². The van der Waals surface area contributed by atoms with Crippen LogP contribution in [0.5, 0.6) is 0 Å². The summed E-state index contributed by atoms with van der Waals surface area (Å²) in [7, 11) is 0. The van der Waals surface area contributed by atoms with Crippen LogP contribution in [-0.4, -0.2) is 35.0 Å². The highest BCUT2D eigenvalue weighted by molar-refractivity contribution is 5.90. The molecule has 0 aromatic heterocycles. The molecule has 5 aliphatic rings. The number of aliphatic hydroxyl groups is 1. The predicted octanol–water partition coefficient (Wildman–Crippen LogP) is 5.76. The summed E-state index contributed by atoms with van der Waals surface area (Å²) >= 11 is 0. The van der Waals surface area contributed by atoms with E-state index in [4.69, 9.17) is 9.47 Å².